The summed E-state index contributed by atoms with van der Waals surface area (Å²) in [6.07, 6.45) is -0.201. The molecule has 0 spiro atoms. The minimum atomic E-state index is -3.27. The first-order chi connectivity index (χ1) is 10.2. The lowest BCUT2D eigenvalue weighted by Gasteiger charge is -2.45. The second kappa shape index (κ2) is 8.52. The molecule has 2 unspecified atom stereocenters. The molecule has 0 aliphatic carbocycles. The zero-order chi connectivity index (χ0) is 16.9. The van der Waals surface area contributed by atoms with E-state index >= 15 is 0 Å². The van der Waals surface area contributed by atoms with E-state index in [1.807, 2.05) is 0 Å². The van der Waals surface area contributed by atoms with Gasteiger partial charge in [0.15, 0.2) is 0 Å². The molecule has 0 aromatic heterocycles. The molecule has 0 amide bonds. The quantitative estimate of drug-likeness (QED) is 0.668. The van der Waals surface area contributed by atoms with Crippen molar-refractivity contribution < 1.29 is 17.2 Å². The van der Waals surface area contributed by atoms with Crippen LogP contribution in [0.3, 0.4) is 0 Å². The highest BCUT2D eigenvalue weighted by atomic mass is 32.2. The Balaban J connectivity index is 2.84. The number of hydrogen-bond acceptors (Lipinski definition) is 4. The molecule has 1 saturated heterocycles. The number of nitrogens with zero attached hydrogens (tertiary/aromatic N) is 3. The van der Waals surface area contributed by atoms with Crippen LogP contribution in [-0.2, 0) is 10.0 Å². The fourth-order valence-electron chi connectivity index (χ4n) is 3.01. The van der Waals surface area contributed by atoms with Crippen molar-refractivity contribution in [3.05, 3.63) is 0 Å². The minimum Gasteiger partial charge on any atom is -0.295 e. The molecule has 0 radical (unpaired) electrons. The first-order valence-electron chi connectivity index (χ1n) is 7.90. The molecule has 22 heavy (non-hydrogen) atoms. The van der Waals surface area contributed by atoms with Gasteiger partial charge in [0.25, 0.3) is 6.43 Å². The molecule has 5 nitrogen and oxygen atoms in total. The van der Waals surface area contributed by atoms with E-state index in [1.165, 1.54) is 10.6 Å². The number of hydrogen-bond donors (Lipinski definition) is 0. The average Bonchev–Trinajstić information content (AvgIpc) is 2.42. The third-order valence-corrected chi connectivity index (χ3v) is 5.75. The molecule has 2 atom stereocenters. The number of rotatable bonds is 8. The van der Waals surface area contributed by atoms with Gasteiger partial charge >= 0.3 is 0 Å². The van der Waals surface area contributed by atoms with E-state index in [0.29, 0.717) is 38.8 Å². The third-order valence-electron chi connectivity index (χ3n) is 4.40. The van der Waals surface area contributed by atoms with Gasteiger partial charge in [0.1, 0.15) is 0 Å². The van der Waals surface area contributed by atoms with E-state index < -0.39 is 16.4 Å². The molecule has 1 fully saturated rings. The molecule has 8 heteroatoms. The van der Waals surface area contributed by atoms with Crippen molar-refractivity contribution in [1.82, 2.24) is 14.1 Å². The molecule has 1 heterocycles. The van der Waals surface area contributed by atoms with Crippen LogP contribution in [-0.4, -0.2) is 86.6 Å². The maximum absolute atomic E-state index is 12.6. The zero-order valence-electron chi connectivity index (χ0n) is 14.0. The van der Waals surface area contributed by atoms with E-state index in [0.717, 1.165) is 6.42 Å². The molecule has 0 N–H and O–H groups in total. The summed E-state index contributed by atoms with van der Waals surface area (Å²) in [5.74, 6) is 0. The van der Waals surface area contributed by atoms with Crippen LogP contribution in [0.25, 0.3) is 0 Å². The lowest BCUT2D eigenvalue weighted by molar-refractivity contribution is 0.00720. The summed E-state index contributed by atoms with van der Waals surface area (Å²) < 4.78 is 50.3. The Morgan fingerprint density at radius 3 is 2.36 bits per heavy atom. The number of sulfonamides is 1. The van der Waals surface area contributed by atoms with Crippen LogP contribution in [0.15, 0.2) is 0 Å². The molecule has 0 aromatic rings. The predicted molar refractivity (Wildman–Crippen MR) is 84.8 cm³/mol. The van der Waals surface area contributed by atoms with Crippen LogP contribution >= 0.6 is 0 Å². The Morgan fingerprint density at radius 1 is 1.27 bits per heavy atom. The highest BCUT2D eigenvalue weighted by Crippen LogP contribution is 2.18. The van der Waals surface area contributed by atoms with Crippen molar-refractivity contribution in [3.8, 4) is 0 Å². The van der Waals surface area contributed by atoms with Gasteiger partial charge in [-0.25, -0.2) is 21.5 Å². The topological polar surface area (TPSA) is 43.9 Å². The first kappa shape index (κ1) is 19.7. The second-order valence-electron chi connectivity index (χ2n) is 6.01. The largest absolute Gasteiger partial charge is 0.295 e. The Morgan fingerprint density at radius 2 is 1.91 bits per heavy atom. The Hall–Kier alpha value is -0.310. The average molecular weight is 341 g/mol. The molecule has 1 rings (SSSR count). The van der Waals surface area contributed by atoms with Crippen molar-refractivity contribution in [2.75, 3.05) is 45.5 Å². The Bertz CT molecular complexity index is 434. The highest BCUT2D eigenvalue weighted by Gasteiger charge is 2.33. The molecular formula is C14H29F2N3O2S. The van der Waals surface area contributed by atoms with Crippen LogP contribution in [0.5, 0.6) is 0 Å². The molecule has 1 aliphatic heterocycles. The van der Waals surface area contributed by atoms with Gasteiger partial charge in [-0.15, -0.1) is 0 Å². The summed E-state index contributed by atoms with van der Waals surface area (Å²) in [4.78, 5) is 4.00. The van der Waals surface area contributed by atoms with Gasteiger partial charge in [-0.05, 0) is 13.3 Å². The van der Waals surface area contributed by atoms with Gasteiger partial charge in [-0.2, -0.15) is 0 Å². The van der Waals surface area contributed by atoms with E-state index in [2.05, 4.69) is 18.7 Å². The summed E-state index contributed by atoms with van der Waals surface area (Å²) in [6.45, 7) is 8.31. The Kier molecular flexibility index (Phi) is 7.64. The summed E-state index contributed by atoms with van der Waals surface area (Å²) >= 11 is 0. The summed E-state index contributed by atoms with van der Waals surface area (Å²) in [6, 6.07) is 0.272. The standard InChI is InChI=1S/C14H29F2N3O2S/c1-5-12(3)19-8-7-17(11-14(15)16)9-13(19)10-18(6-2)22(4,20)21/h12-14H,5-11H2,1-4H3. The lowest BCUT2D eigenvalue weighted by Crippen LogP contribution is -2.60. The van der Waals surface area contributed by atoms with Crippen molar-refractivity contribution in [2.24, 2.45) is 0 Å². The van der Waals surface area contributed by atoms with Gasteiger partial charge in [-0.1, -0.05) is 13.8 Å². The van der Waals surface area contributed by atoms with Gasteiger partial charge < -0.3 is 0 Å². The van der Waals surface area contributed by atoms with Crippen molar-refractivity contribution >= 4 is 10.0 Å². The fraction of sp³-hybridized carbons (Fsp3) is 1.00. The van der Waals surface area contributed by atoms with E-state index in [1.54, 1.807) is 11.8 Å². The van der Waals surface area contributed by atoms with Gasteiger partial charge in [0.05, 0.1) is 12.8 Å². The van der Waals surface area contributed by atoms with Crippen LogP contribution in [0, 0.1) is 0 Å². The van der Waals surface area contributed by atoms with Crippen LogP contribution in [0.4, 0.5) is 8.78 Å². The van der Waals surface area contributed by atoms with Crippen LogP contribution in [0.1, 0.15) is 27.2 Å². The maximum Gasteiger partial charge on any atom is 0.251 e. The highest BCUT2D eigenvalue weighted by molar-refractivity contribution is 7.88. The molecule has 0 bridgehead atoms. The predicted octanol–water partition coefficient (Wildman–Crippen LogP) is 1.32. The summed E-state index contributed by atoms with van der Waals surface area (Å²) in [7, 11) is -3.27. The number of piperazine rings is 1. The van der Waals surface area contributed by atoms with Crippen molar-refractivity contribution in [3.63, 3.8) is 0 Å². The number of halogens is 2. The third kappa shape index (κ3) is 5.72. The van der Waals surface area contributed by atoms with E-state index in [4.69, 9.17) is 0 Å². The van der Waals surface area contributed by atoms with Gasteiger partial charge in [-0.3, -0.25) is 9.80 Å². The maximum atomic E-state index is 12.6. The zero-order valence-corrected chi connectivity index (χ0v) is 14.8. The van der Waals surface area contributed by atoms with Gasteiger partial charge in [0.2, 0.25) is 10.0 Å². The monoisotopic (exact) mass is 341 g/mol. The van der Waals surface area contributed by atoms with Crippen molar-refractivity contribution in [2.45, 2.75) is 45.7 Å². The molecule has 0 aromatic carbocycles. The minimum absolute atomic E-state index is 0.0443. The molecule has 132 valence electrons. The smallest absolute Gasteiger partial charge is 0.251 e. The van der Waals surface area contributed by atoms with E-state index in [-0.39, 0.29) is 12.6 Å². The Labute approximate surface area is 133 Å². The molecule has 0 saturated carbocycles. The first-order valence-corrected chi connectivity index (χ1v) is 9.75. The van der Waals surface area contributed by atoms with Crippen LogP contribution < -0.4 is 0 Å². The number of alkyl halides is 2. The van der Waals surface area contributed by atoms with Crippen molar-refractivity contribution in [1.29, 1.82) is 0 Å². The summed E-state index contributed by atoms with van der Waals surface area (Å²) in [5, 5.41) is 0. The van der Waals surface area contributed by atoms with Crippen LogP contribution in [0.2, 0.25) is 0 Å². The molecular weight excluding hydrogens is 312 g/mol. The van der Waals surface area contributed by atoms with Gasteiger partial charge in [0, 0.05) is 44.8 Å². The fourth-order valence-corrected chi connectivity index (χ4v) is 3.92. The second-order valence-corrected chi connectivity index (χ2v) is 8.00. The lowest BCUT2D eigenvalue weighted by atomic mass is 10.1. The SMILES string of the molecule is CCC(C)N1CCN(CC(F)F)CC1CN(CC)S(C)(=O)=O. The summed E-state index contributed by atoms with van der Waals surface area (Å²) in [5.41, 5.74) is 0. The van der Waals surface area contributed by atoms with E-state index in [9.17, 15) is 17.2 Å². The normalized spacial score (nSPS) is 23.4. The molecule has 1 aliphatic rings. The number of likely N-dealkylation sites (N-methyl/N-ethyl adjacent to an activating group) is 1.